The SMILES string of the molecule is O=C(N[C@@H]1COCc2c1cnn2-c1c(F)cccc1F)c1ncn2c1CCCC2. The van der Waals surface area contributed by atoms with Gasteiger partial charge in [-0.3, -0.25) is 4.79 Å². The lowest BCUT2D eigenvalue weighted by atomic mass is 10.0. The van der Waals surface area contributed by atoms with Gasteiger partial charge in [0, 0.05) is 12.1 Å². The van der Waals surface area contributed by atoms with Gasteiger partial charge in [-0.15, -0.1) is 0 Å². The summed E-state index contributed by atoms with van der Waals surface area (Å²) >= 11 is 0. The van der Waals surface area contributed by atoms with Gasteiger partial charge in [-0.1, -0.05) is 6.07 Å². The molecule has 0 aliphatic carbocycles. The Bertz CT molecular complexity index is 1070. The number of carbonyl (C=O) groups excluding carboxylic acids is 1. The average molecular weight is 399 g/mol. The van der Waals surface area contributed by atoms with Crippen LogP contribution in [0.4, 0.5) is 8.78 Å². The molecule has 7 nitrogen and oxygen atoms in total. The average Bonchev–Trinajstić information content (AvgIpc) is 3.33. The number of hydrogen-bond acceptors (Lipinski definition) is 4. The first-order valence-corrected chi connectivity index (χ1v) is 9.57. The Morgan fingerprint density at radius 1 is 1.21 bits per heavy atom. The summed E-state index contributed by atoms with van der Waals surface area (Å²) in [5.74, 6) is -1.72. The Kier molecular flexibility index (Phi) is 4.39. The third-order valence-electron chi connectivity index (χ3n) is 5.48. The molecule has 0 fully saturated rings. The fourth-order valence-corrected chi connectivity index (χ4v) is 4.04. The molecule has 0 saturated heterocycles. The maximum Gasteiger partial charge on any atom is 0.272 e. The molecule has 0 spiro atoms. The van der Waals surface area contributed by atoms with Crippen LogP contribution in [0.15, 0.2) is 30.7 Å². The van der Waals surface area contributed by atoms with E-state index in [1.807, 2.05) is 4.57 Å². The highest BCUT2D eigenvalue weighted by molar-refractivity contribution is 5.93. The zero-order valence-electron chi connectivity index (χ0n) is 15.6. The summed E-state index contributed by atoms with van der Waals surface area (Å²) < 4.78 is 37.2. The lowest BCUT2D eigenvalue weighted by Crippen LogP contribution is -2.35. The molecule has 29 heavy (non-hydrogen) atoms. The Hall–Kier alpha value is -3.07. The van der Waals surface area contributed by atoms with E-state index in [0.29, 0.717) is 17.0 Å². The quantitative estimate of drug-likeness (QED) is 0.735. The first kappa shape index (κ1) is 18.0. The number of aromatic nitrogens is 4. The van der Waals surface area contributed by atoms with Gasteiger partial charge in [0.2, 0.25) is 0 Å². The van der Waals surface area contributed by atoms with Gasteiger partial charge in [0.25, 0.3) is 5.91 Å². The van der Waals surface area contributed by atoms with Crippen molar-refractivity contribution in [3.63, 3.8) is 0 Å². The number of para-hydroxylation sites is 1. The van der Waals surface area contributed by atoms with Crippen molar-refractivity contribution < 1.29 is 18.3 Å². The molecule has 2 aliphatic rings. The Morgan fingerprint density at radius 2 is 2.03 bits per heavy atom. The van der Waals surface area contributed by atoms with Gasteiger partial charge in [-0.05, 0) is 31.4 Å². The van der Waals surface area contributed by atoms with Crippen molar-refractivity contribution in [2.45, 2.75) is 38.5 Å². The van der Waals surface area contributed by atoms with Crippen molar-refractivity contribution >= 4 is 5.91 Å². The number of amides is 1. The number of hydrogen-bond donors (Lipinski definition) is 1. The molecular weight excluding hydrogens is 380 g/mol. The van der Waals surface area contributed by atoms with Crippen molar-refractivity contribution in [1.29, 1.82) is 0 Å². The smallest absolute Gasteiger partial charge is 0.272 e. The fraction of sp³-hybridized carbons (Fsp3) is 0.350. The number of nitrogens with zero attached hydrogens (tertiary/aromatic N) is 4. The fourth-order valence-electron chi connectivity index (χ4n) is 4.04. The van der Waals surface area contributed by atoms with E-state index in [0.717, 1.165) is 31.5 Å². The first-order chi connectivity index (χ1) is 14.1. The van der Waals surface area contributed by atoms with E-state index in [2.05, 4.69) is 15.4 Å². The molecule has 1 aromatic carbocycles. The standard InChI is InChI=1S/C20H19F2N5O2/c21-13-4-3-5-14(22)19(13)27-17-10-29-9-15(12(17)8-24-27)25-20(28)18-16-6-1-2-7-26(16)11-23-18/h3-5,8,11,15H,1-2,6-7,9-10H2,(H,25,28)/t15-/m1/s1. The molecule has 1 atom stereocenters. The first-order valence-electron chi connectivity index (χ1n) is 9.57. The highest BCUT2D eigenvalue weighted by Crippen LogP contribution is 2.29. The van der Waals surface area contributed by atoms with Crippen molar-refractivity contribution in [1.82, 2.24) is 24.6 Å². The molecule has 3 aromatic rings. The van der Waals surface area contributed by atoms with Gasteiger partial charge in [0.05, 0.1) is 43.2 Å². The van der Waals surface area contributed by atoms with Crippen molar-refractivity contribution in [2.75, 3.05) is 6.61 Å². The predicted octanol–water partition coefficient (Wildman–Crippen LogP) is 2.68. The van der Waals surface area contributed by atoms with Crippen LogP contribution in [0.3, 0.4) is 0 Å². The van der Waals surface area contributed by atoms with E-state index < -0.39 is 17.7 Å². The minimum atomic E-state index is -0.716. The number of ether oxygens (including phenoxy) is 1. The van der Waals surface area contributed by atoms with Crippen LogP contribution >= 0.6 is 0 Å². The zero-order valence-corrected chi connectivity index (χ0v) is 15.6. The highest BCUT2D eigenvalue weighted by Gasteiger charge is 2.30. The minimum absolute atomic E-state index is 0.148. The molecule has 4 heterocycles. The predicted molar refractivity (Wildman–Crippen MR) is 98.5 cm³/mol. The summed E-state index contributed by atoms with van der Waals surface area (Å²) in [6.07, 6.45) is 6.15. The second-order valence-corrected chi connectivity index (χ2v) is 7.26. The van der Waals surface area contributed by atoms with Gasteiger partial charge in [0.15, 0.2) is 11.6 Å². The van der Waals surface area contributed by atoms with E-state index in [1.54, 1.807) is 6.33 Å². The lowest BCUT2D eigenvalue weighted by molar-refractivity contribution is 0.0683. The molecule has 2 aromatic heterocycles. The van der Waals surface area contributed by atoms with Crippen molar-refractivity contribution in [3.8, 4) is 5.69 Å². The van der Waals surface area contributed by atoms with Gasteiger partial charge >= 0.3 is 0 Å². The molecule has 150 valence electrons. The molecule has 0 unspecified atom stereocenters. The number of benzene rings is 1. The maximum atomic E-state index is 14.2. The molecule has 0 bridgehead atoms. The van der Waals surface area contributed by atoms with Crippen LogP contribution in [-0.2, 0) is 24.3 Å². The van der Waals surface area contributed by atoms with Crippen LogP contribution in [0.1, 0.15) is 46.3 Å². The number of carbonyl (C=O) groups is 1. The summed E-state index contributed by atoms with van der Waals surface area (Å²) in [6, 6.07) is 3.18. The maximum absolute atomic E-state index is 14.2. The number of nitrogens with one attached hydrogen (secondary N) is 1. The molecule has 1 amide bonds. The minimum Gasteiger partial charge on any atom is -0.373 e. The van der Waals surface area contributed by atoms with Crippen LogP contribution in [0.5, 0.6) is 0 Å². The molecular formula is C20H19F2N5O2. The van der Waals surface area contributed by atoms with Crippen LogP contribution in [-0.4, -0.2) is 31.8 Å². The Labute approximate surface area is 165 Å². The number of imidazole rings is 1. The van der Waals surface area contributed by atoms with Crippen LogP contribution < -0.4 is 5.32 Å². The summed E-state index contributed by atoms with van der Waals surface area (Å²) in [4.78, 5) is 17.1. The van der Waals surface area contributed by atoms with Gasteiger partial charge in [0.1, 0.15) is 11.4 Å². The second-order valence-electron chi connectivity index (χ2n) is 7.26. The van der Waals surface area contributed by atoms with Crippen LogP contribution in [0, 0.1) is 11.6 Å². The van der Waals surface area contributed by atoms with Gasteiger partial charge in [-0.2, -0.15) is 5.10 Å². The van der Waals surface area contributed by atoms with E-state index in [9.17, 15) is 13.6 Å². The molecule has 2 aliphatic heterocycles. The van der Waals surface area contributed by atoms with Gasteiger partial charge in [-0.25, -0.2) is 18.4 Å². The monoisotopic (exact) mass is 399 g/mol. The van der Waals surface area contributed by atoms with E-state index >= 15 is 0 Å². The third kappa shape index (κ3) is 3.02. The highest BCUT2D eigenvalue weighted by atomic mass is 19.1. The molecule has 0 radical (unpaired) electrons. The zero-order chi connectivity index (χ0) is 20.0. The normalized spacial score (nSPS) is 18.2. The molecule has 1 N–H and O–H groups in total. The number of fused-ring (bicyclic) bond motifs is 2. The topological polar surface area (TPSA) is 74.0 Å². The van der Waals surface area contributed by atoms with Gasteiger partial charge < -0.3 is 14.6 Å². The van der Waals surface area contributed by atoms with Crippen molar-refractivity contribution in [2.24, 2.45) is 0 Å². The summed E-state index contributed by atoms with van der Waals surface area (Å²) in [7, 11) is 0. The van der Waals surface area contributed by atoms with Crippen LogP contribution in [0.25, 0.3) is 5.69 Å². The molecule has 9 heteroatoms. The van der Waals surface area contributed by atoms with E-state index in [-0.39, 0.29) is 24.8 Å². The summed E-state index contributed by atoms with van der Waals surface area (Å²) in [6.45, 7) is 1.27. The summed E-state index contributed by atoms with van der Waals surface area (Å²) in [5.41, 5.74) is 2.30. The second kappa shape index (κ2) is 7.07. The summed E-state index contributed by atoms with van der Waals surface area (Å²) in [5, 5.41) is 7.11. The Balaban J connectivity index is 1.44. The number of aryl methyl sites for hydroxylation is 1. The largest absolute Gasteiger partial charge is 0.373 e. The third-order valence-corrected chi connectivity index (χ3v) is 5.48. The number of halogens is 2. The van der Waals surface area contributed by atoms with E-state index in [4.69, 9.17) is 4.74 Å². The lowest BCUT2D eigenvalue weighted by Gasteiger charge is -2.24. The van der Waals surface area contributed by atoms with E-state index in [1.165, 1.54) is 29.1 Å². The molecule has 0 saturated carbocycles. The number of rotatable bonds is 3. The molecule has 5 rings (SSSR count). The van der Waals surface area contributed by atoms with Crippen LogP contribution in [0.2, 0.25) is 0 Å². The van der Waals surface area contributed by atoms with Crippen molar-refractivity contribution in [3.05, 3.63) is 65.0 Å². The Morgan fingerprint density at radius 3 is 2.86 bits per heavy atom.